The van der Waals surface area contributed by atoms with Crippen LogP contribution >= 0.6 is 0 Å². The molecule has 8 heteroatoms. The topological polar surface area (TPSA) is 138 Å². The van der Waals surface area contributed by atoms with Crippen molar-refractivity contribution in [2.75, 3.05) is 26.4 Å². The van der Waals surface area contributed by atoms with E-state index in [1.807, 2.05) is 60.7 Å². The molecule has 0 saturated carbocycles. The Morgan fingerprint density at radius 2 is 1.19 bits per heavy atom. The maximum atomic E-state index is 10.1. The molecule has 0 aliphatic carbocycles. The van der Waals surface area contributed by atoms with Crippen LogP contribution in [0.15, 0.2) is 48.5 Å². The largest absolute Gasteiger partial charge is 0.396 e. The molecule has 6 rings (SSSR count). The summed E-state index contributed by atoms with van der Waals surface area (Å²) in [7, 11) is 0. The lowest BCUT2D eigenvalue weighted by atomic mass is 10.00. The number of aromatic nitrogens is 4. The normalized spacial score (nSPS) is 12.4. The van der Waals surface area contributed by atoms with Gasteiger partial charge < -0.3 is 30.4 Å². The quantitative estimate of drug-likeness (QED) is 0.154. The first kappa shape index (κ1) is 27.8. The summed E-state index contributed by atoms with van der Waals surface area (Å²) in [6.45, 7) is -0.0350. The molecule has 42 heavy (non-hydrogen) atoms. The Balaban J connectivity index is 1.74. The van der Waals surface area contributed by atoms with Crippen molar-refractivity contribution in [3.8, 4) is 11.1 Å². The van der Waals surface area contributed by atoms with Crippen LogP contribution in [0, 0.1) is 0 Å². The number of aliphatic hydroxyl groups is 4. The predicted octanol–water partition coefficient (Wildman–Crippen LogP) is 4.46. The van der Waals surface area contributed by atoms with Crippen molar-refractivity contribution in [3.05, 3.63) is 93.6 Å². The molecule has 2 aliphatic heterocycles. The van der Waals surface area contributed by atoms with Gasteiger partial charge in [0.15, 0.2) is 0 Å². The first-order valence-corrected chi connectivity index (χ1v) is 14.3. The molecule has 8 nitrogen and oxygen atoms in total. The van der Waals surface area contributed by atoms with Crippen molar-refractivity contribution in [3.63, 3.8) is 0 Å². The van der Waals surface area contributed by atoms with Crippen LogP contribution in [0.25, 0.3) is 57.5 Å². The van der Waals surface area contributed by atoms with E-state index in [1.54, 1.807) is 0 Å². The lowest BCUT2D eigenvalue weighted by Crippen LogP contribution is -1.98. The van der Waals surface area contributed by atoms with Gasteiger partial charge in [-0.25, -0.2) is 9.97 Å². The zero-order chi connectivity index (χ0) is 29.1. The van der Waals surface area contributed by atoms with Crippen molar-refractivity contribution in [2.24, 2.45) is 0 Å². The third-order valence-electron chi connectivity index (χ3n) is 7.73. The van der Waals surface area contributed by atoms with Gasteiger partial charge in [0.25, 0.3) is 0 Å². The summed E-state index contributed by atoms with van der Waals surface area (Å²) in [5, 5.41) is 39.5. The highest BCUT2D eigenvalue weighted by molar-refractivity contribution is 5.91. The molecule has 0 fully saturated rings. The second kappa shape index (κ2) is 12.3. The zero-order valence-corrected chi connectivity index (χ0v) is 23.3. The van der Waals surface area contributed by atoms with Crippen LogP contribution in [0.2, 0.25) is 0 Å². The molecule has 6 N–H and O–H groups in total. The van der Waals surface area contributed by atoms with Crippen LogP contribution in [0.5, 0.6) is 0 Å². The fraction of sp³-hybridized carbons (Fsp3) is 0.235. The molecule has 8 bridgehead atoms. The van der Waals surface area contributed by atoms with Gasteiger partial charge in [-0.15, -0.1) is 0 Å². The predicted molar refractivity (Wildman–Crippen MR) is 167 cm³/mol. The Kier molecular flexibility index (Phi) is 8.12. The molecule has 0 saturated heterocycles. The molecule has 5 heterocycles. The summed E-state index contributed by atoms with van der Waals surface area (Å²) in [5.41, 5.74) is 12.1. The van der Waals surface area contributed by atoms with Crippen molar-refractivity contribution < 1.29 is 20.4 Å². The second-order valence-corrected chi connectivity index (χ2v) is 10.4. The van der Waals surface area contributed by atoms with E-state index in [0.717, 1.165) is 78.2 Å². The number of aromatic amines is 2. The van der Waals surface area contributed by atoms with Crippen LogP contribution in [0.4, 0.5) is 0 Å². The smallest absolute Gasteiger partial charge is 0.0691 e. The van der Waals surface area contributed by atoms with Crippen molar-refractivity contribution in [2.45, 2.75) is 25.7 Å². The number of fused-ring (bicyclic) bond motifs is 8. The van der Waals surface area contributed by atoms with Gasteiger partial charge in [-0.1, -0.05) is 24.3 Å². The highest BCUT2D eigenvalue weighted by Crippen LogP contribution is 2.32. The minimum absolute atomic E-state index is 0.0151. The first-order valence-electron chi connectivity index (χ1n) is 14.3. The summed E-state index contributed by atoms with van der Waals surface area (Å²) in [5.74, 6) is 0. The third-order valence-corrected chi connectivity index (χ3v) is 7.73. The van der Waals surface area contributed by atoms with Gasteiger partial charge in [0, 0.05) is 65.2 Å². The minimum Gasteiger partial charge on any atom is -0.396 e. The Labute approximate surface area is 243 Å². The van der Waals surface area contributed by atoms with E-state index in [9.17, 15) is 20.4 Å². The fourth-order valence-corrected chi connectivity index (χ4v) is 5.79. The Morgan fingerprint density at radius 3 is 1.88 bits per heavy atom. The van der Waals surface area contributed by atoms with Gasteiger partial charge in [-0.05, 0) is 85.4 Å². The van der Waals surface area contributed by atoms with Crippen LogP contribution in [-0.2, 0) is 25.7 Å². The molecule has 3 aromatic heterocycles. The lowest BCUT2D eigenvalue weighted by Gasteiger charge is -2.07. The lowest BCUT2D eigenvalue weighted by molar-refractivity contribution is 0.299. The van der Waals surface area contributed by atoms with Crippen LogP contribution < -0.4 is 0 Å². The molecule has 0 unspecified atom stereocenters. The maximum absolute atomic E-state index is 10.1. The number of nitrogens with zero attached hydrogens (tertiary/aromatic N) is 2. The molecule has 2 aliphatic rings. The van der Waals surface area contributed by atoms with Gasteiger partial charge in [0.2, 0.25) is 0 Å². The monoisotopic (exact) mass is 562 g/mol. The molecular weight excluding hydrogens is 528 g/mol. The van der Waals surface area contributed by atoms with Gasteiger partial charge in [0.1, 0.15) is 0 Å². The van der Waals surface area contributed by atoms with E-state index in [0.29, 0.717) is 25.7 Å². The molecule has 0 spiro atoms. The van der Waals surface area contributed by atoms with Crippen molar-refractivity contribution in [1.29, 1.82) is 0 Å². The fourth-order valence-electron chi connectivity index (χ4n) is 5.79. The van der Waals surface area contributed by atoms with Gasteiger partial charge in [-0.2, -0.15) is 0 Å². The average molecular weight is 563 g/mol. The summed E-state index contributed by atoms with van der Waals surface area (Å²) < 4.78 is 0. The van der Waals surface area contributed by atoms with Crippen molar-refractivity contribution in [1.82, 2.24) is 19.9 Å². The molecule has 1 aromatic carbocycles. The van der Waals surface area contributed by atoms with Crippen LogP contribution in [0.3, 0.4) is 0 Å². The second-order valence-electron chi connectivity index (χ2n) is 10.4. The Morgan fingerprint density at radius 1 is 0.571 bits per heavy atom. The highest BCUT2D eigenvalue weighted by Gasteiger charge is 2.16. The summed E-state index contributed by atoms with van der Waals surface area (Å²) in [6, 6.07) is 16.2. The van der Waals surface area contributed by atoms with E-state index >= 15 is 0 Å². The molecule has 0 amide bonds. The maximum Gasteiger partial charge on any atom is 0.0691 e. The standard InChI is InChI=1S/C34H34N4O4/c39-14-10-21-2-1-3-22(18-21)28-20-24-19-23-4-5-29(35-23)25(11-15-40)30-6-7-31(37-30)26(12-16-41)32-8-9-33(38-32)27(13-17-42)34(28)36-24/h1-9,18-20,36-37,39-42H,10-17H2. The molecule has 0 radical (unpaired) electrons. The minimum atomic E-state index is -0.0516. The zero-order valence-electron chi connectivity index (χ0n) is 23.3. The van der Waals surface area contributed by atoms with Gasteiger partial charge in [-0.3, -0.25) is 0 Å². The van der Waals surface area contributed by atoms with Gasteiger partial charge in [0.05, 0.1) is 28.3 Å². The average Bonchev–Trinajstić information content (AvgIpc) is 3.81. The van der Waals surface area contributed by atoms with E-state index < -0.39 is 0 Å². The van der Waals surface area contributed by atoms with Crippen LogP contribution in [0.1, 0.15) is 45.0 Å². The van der Waals surface area contributed by atoms with Gasteiger partial charge >= 0.3 is 0 Å². The van der Waals surface area contributed by atoms with E-state index in [-0.39, 0.29) is 26.4 Å². The number of hydrogen-bond donors (Lipinski definition) is 6. The highest BCUT2D eigenvalue weighted by atomic mass is 16.3. The number of benzene rings is 1. The molecule has 4 aromatic rings. The number of H-pyrrole nitrogens is 2. The summed E-state index contributed by atoms with van der Waals surface area (Å²) in [4.78, 5) is 17.0. The number of rotatable bonds is 9. The molecule has 0 atom stereocenters. The van der Waals surface area contributed by atoms with E-state index in [1.165, 1.54) is 0 Å². The summed E-state index contributed by atoms with van der Waals surface area (Å²) >= 11 is 0. The molecular formula is C34H34N4O4. The number of aliphatic hydroxyl groups excluding tert-OH is 4. The SMILES string of the molecule is OCCc1cccc(-c2cc3cc4nc(c(CCO)c5ccc([nH]5)c(CCO)c5nc(c(CCO)c2[nH]3)C=C5)C=C4)c1. The van der Waals surface area contributed by atoms with Crippen molar-refractivity contribution >= 4 is 46.4 Å². The van der Waals surface area contributed by atoms with Crippen LogP contribution in [-0.4, -0.2) is 66.8 Å². The Hall–Kier alpha value is -4.34. The number of nitrogens with one attached hydrogen (secondary N) is 2. The van der Waals surface area contributed by atoms with E-state index in [2.05, 4.69) is 22.1 Å². The molecule has 214 valence electrons. The first-order chi connectivity index (χ1) is 20.6. The third kappa shape index (κ3) is 5.45. The van der Waals surface area contributed by atoms with E-state index in [4.69, 9.17) is 9.97 Å². The Bertz CT molecular complexity index is 1850. The number of hydrogen-bond acceptors (Lipinski definition) is 6. The summed E-state index contributed by atoms with van der Waals surface area (Å²) in [6.07, 6.45) is 9.63.